The Bertz CT molecular complexity index is 532. The van der Waals surface area contributed by atoms with Crippen molar-refractivity contribution in [2.45, 2.75) is 39.5 Å². The second-order valence-electron chi connectivity index (χ2n) is 5.58. The zero-order valence-electron chi connectivity index (χ0n) is 12.7. The summed E-state index contributed by atoms with van der Waals surface area (Å²) in [5.74, 6) is 0. The smallest absolute Gasteiger partial charge is 0.0406 e. The minimum absolute atomic E-state index is 0.519. The van der Waals surface area contributed by atoms with Gasteiger partial charge in [0.15, 0.2) is 0 Å². The van der Waals surface area contributed by atoms with Crippen molar-refractivity contribution < 1.29 is 0 Å². The van der Waals surface area contributed by atoms with Crippen LogP contribution < -0.4 is 10.6 Å². The van der Waals surface area contributed by atoms with E-state index >= 15 is 0 Å². The van der Waals surface area contributed by atoms with Crippen LogP contribution in [0, 0.1) is 0 Å². The first-order chi connectivity index (χ1) is 10.1. The highest BCUT2D eigenvalue weighted by atomic mass is 35.5. The minimum Gasteiger partial charge on any atom is -0.310 e. The molecule has 2 aromatic rings. The van der Waals surface area contributed by atoms with Crippen LogP contribution in [0.25, 0.3) is 0 Å². The molecule has 2 rings (SSSR count). The molecule has 0 atom stereocenters. The van der Waals surface area contributed by atoms with E-state index in [0.717, 1.165) is 24.7 Å². The van der Waals surface area contributed by atoms with Crippen LogP contribution in [0.1, 0.15) is 30.5 Å². The molecule has 21 heavy (non-hydrogen) atoms. The molecule has 0 aliphatic rings. The largest absolute Gasteiger partial charge is 0.310 e. The summed E-state index contributed by atoms with van der Waals surface area (Å²) in [6.07, 6.45) is 0. The number of rotatable bonds is 7. The standard InChI is InChI=1S/C18H23ClN2/c1-14(2)21-13-17-5-3-15(4-6-17)11-20-12-16-7-9-18(19)10-8-16/h3-10,14,20-21H,11-13H2,1-2H3. The fourth-order valence-corrected chi connectivity index (χ4v) is 2.18. The lowest BCUT2D eigenvalue weighted by atomic mass is 10.1. The van der Waals surface area contributed by atoms with Crippen molar-refractivity contribution in [1.82, 2.24) is 10.6 Å². The van der Waals surface area contributed by atoms with E-state index in [-0.39, 0.29) is 0 Å². The zero-order chi connectivity index (χ0) is 15.1. The first-order valence-electron chi connectivity index (χ1n) is 7.40. The average molecular weight is 303 g/mol. The molecule has 2 aromatic carbocycles. The van der Waals surface area contributed by atoms with Gasteiger partial charge in [0.2, 0.25) is 0 Å². The second kappa shape index (κ2) is 8.18. The predicted octanol–water partition coefficient (Wildman–Crippen LogP) is 4.13. The molecule has 3 heteroatoms. The molecule has 0 heterocycles. The highest BCUT2D eigenvalue weighted by Crippen LogP contribution is 2.10. The number of nitrogens with one attached hydrogen (secondary N) is 2. The van der Waals surface area contributed by atoms with Gasteiger partial charge < -0.3 is 10.6 Å². The molecule has 0 saturated carbocycles. The van der Waals surface area contributed by atoms with Crippen molar-refractivity contribution in [2.75, 3.05) is 0 Å². The molecule has 0 aromatic heterocycles. The van der Waals surface area contributed by atoms with Gasteiger partial charge >= 0.3 is 0 Å². The second-order valence-corrected chi connectivity index (χ2v) is 6.02. The molecule has 2 nitrogen and oxygen atoms in total. The van der Waals surface area contributed by atoms with E-state index < -0.39 is 0 Å². The molecule has 0 fully saturated rings. The van der Waals surface area contributed by atoms with Crippen molar-refractivity contribution in [3.05, 3.63) is 70.2 Å². The van der Waals surface area contributed by atoms with Gasteiger partial charge in [-0.15, -0.1) is 0 Å². The van der Waals surface area contributed by atoms with Crippen LogP contribution in [0.3, 0.4) is 0 Å². The number of hydrogen-bond donors (Lipinski definition) is 2. The molecular weight excluding hydrogens is 280 g/mol. The Balaban J connectivity index is 1.77. The van der Waals surface area contributed by atoms with Crippen LogP contribution in [0.15, 0.2) is 48.5 Å². The summed E-state index contributed by atoms with van der Waals surface area (Å²) >= 11 is 5.88. The van der Waals surface area contributed by atoms with Gasteiger partial charge in [0, 0.05) is 30.7 Å². The van der Waals surface area contributed by atoms with Crippen molar-refractivity contribution >= 4 is 11.6 Å². The van der Waals surface area contributed by atoms with Crippen molar-refractivity contribution in [1.29, 1.82) is 0 Å². The lowest BCUT2D eigenvalue weighted by Gasteiger charge is -2.09. The third kappa shape index (κ3) is 5.88. The molecule has 112 valence electrons. The van der Waals surface area contributed by atoms with Gasteiger partial charge in [-0.25, -0.2) is 0 Å². The lowest BCUT2D eigenvalue weighted by molar-refractivity contribution is 0.588. The first kappa shape index (κ1) is 16.0. The summed E-state index contributed by atoms with van der Waals surface area (Å²) < 4.78 is 0. The zero-order valence-corrected chi connectivity index (χ0v) is 13.5. The Labute approximate surface area is 132 Å². The summed E-state index contributed by atoms with van der Waals surface area (Å²) in [5, 5.41) is 7.65. The van der Waals surface area contributed by atoms with E-state index in [1.165, 1.54) is 16.7 Å². The third-order valence-electron chi connectivity index (χ3n) is 3.31. The van der Waals surface area contributed by atoms with Crippen LogP contribution in [0.2, 0.25) is 5.02 Å². The molecule has 0 amide bonds. The first-order valence-corrected chi connectivity index (χ1v) is 7.77. The molecule has 0 spiro atoms. The Morgan fingerprint density at radius 1 is 0.762 bits per heavy atom. The molecule has 0 unspecified atom stereocenters. The van der Waals surface area contributed by atoms with Crippen LogP contribution >= 0.6 is 11.6 Å². The van der Waals surface area contributed by atoms with Gasteiger partial charge in [0.05, 0.1) is 0 Å². The summed E-state index contributed by atoms with van der Waals surface area (Å²) in [6, 6.07) is 17.2. The fraction of sp³-hybridized carbons (Fsp3) is 0.333. The fourth-order valence-electron chi connectivity index (χ4n) is 2.05. The SMILES string of the molecule is CC(C)NCc1ccc(CNCc2ccc(Cl)cc2)cc1. The molecular formula is C18H23ClN2. The number of halogens is 1. The Morgan fingerprint density at radius 3 is 1.67 bits per heavy atom. The average Bonchev–Trinajstić information content (AvgIpc) is 2.48. The van der Waals surface area contributed by atoms with Gasteiger partial charge in [-0.05, 0) is 28.8 Å². The van der Waals surface area contributed by atoms with E-state index in [0.29, 0.717) is 6.04 Å². The maximum atomic E-state index is 5.88. The van der Waals surface area contributed by atoms with Crippen molar-refractivity contribution in [2.24, 2.45) is 0 Å². The predicted molar refractivity (Wildman–Crippen MR) is 90.4 cm³/mol. The molecule has 2 N–H and O–H groups in total. The van der Waals surface area contributed by atoms with Gasteiger partial charge in [0.1, 0.15) is 0 Å². The Kier molecular flexibility index (Phi) is 6.24. The summed E-state index contributed by atoms with van der Waals surface area (Å²) in [4.78, 5) is 0. The van der Waals surface area contributed by atoms with Crippen LogP contribution in [0.5, 0.6) is 0 Å². The van der Waals surface area contributed by atoms with Gasteiger partial charge in [0.25, 0.3) is 0 Å². The molecule has 0 aliphatic heterocycles. The summed E-state index contributed by atoms with van der Waals surface area (Å²) in [6.45, 7) is 6.98. The van der Waals surface area contributed by atoms with Crippen LogP contribution in [-0.2, 0) is 19.6 Å². The van der Waals surface area contributed by atoms with E-state index in [4.69, 9.17) is 11.6 Å². The van der Waals surface area contributed by atoms with E-state index in [1.54, 1.807) is 0 Å². The van der Waals surface area contributed by atoms with Crippen LogP contribution in [-0.4, -0.2) is 6.04 Å². The van der Waals surface area contributed by atoms with Gasteiger partial charge in [-0.1, -0.05) is 61.8 Å². The topological polar surface area (TPSA) is 24.1 Å². The molecule has 0 bridgehead atoms. The molecule has 0 saturated heterocycles. The Hall–Kier alpha value is -1.35. The molecule has 0 radical (unpaired) electrons. The maximum Gasteiger partial charge on any atom is 0.0406 e. The van der Waals surface area contributed by atoms with Gasteiger partial charge in [-0.2, -0.15) is 0 Å². The number of hydrogen-bond acceptors (Lipinski definition) is 2. The quantitative estimate of drug-likeness (QED) is 0.803. The molecule has 0 aliphatic carbocycles. The maximum absolute atomic E-state index is 5.88. The summed E-state index contributed by atoms with van der Waals surface area (Å²) in [7, 11) is 0. The van der Waals surface area contributed by atoms with Gasteiger partial charge in [-0.3, -0.25) is 0 Å². The van der Waals surface area contributed by atoms with E-state index in [1.807, 2.05) is 12.1 Å². The van der Waals surface area contributed by atoms with E-state index in [9.17, 15) is 0 Å². The third-order valence-corrected chi connectivity index (χ3v) is 3.56. The van der Waals surface area contributed by atoms with E-state index in [2.05, 4.69) is 60.9 Å². The highest BCUT2D eigenvalue weighted by molar-refractivity contribution is 6.30. The highest BCUT2D eigenvalue weighted by Gasteiger charge is 1.98. The number of benzene rings is 2. The monoisotopic (exact) mass is 302 g/mol. The van der Waals surface area contributed by atoms with Crippen molar-refractivity contribution in [3.8, 4) is 0 Å². The minimum atomic E-state index is 0.519. The summed E-state index contributed by atoms with van der Waals surface area (Å²) in [5.41, 5.74) is 3.87. The normalized spacial score (nSPS) is 11.0. The van der Waals surface area contributed by atoms with Crippen molar-refractivity contribution in [3.63, 3.8) is 0 Å². The lowest BCUT2D eigenvalue weighted by Crippen LogP contribution is -2.21. The van der Waals surface area contributed by atoms with Crippen LogP contribution in [0.4, 0.5) is 0 Å². The Morgan fingerprint density at radius 2 is 1.19 bits per heavy atom.